The van der Waals surface area contributed by atoms with E-state index in [1.165, 1.54) is 38.5 Å². The van der Waals surface area contributed by atoms with Crippen LogP contribution in [0.3, 0.4) is 0 Å². The summed E-state index contributed by atoms with van der Waals surface area (Å²) >= 11 is 3.67. The number of hydrogen-bond donors (Lipinski definition) is 2. The van der Waals surface area contributed by atoms with E-state index in [0.29, 0.717) is 6.42 Å². The monoisotopic (exact) mass is 246 g/mol. The maximum Gasteiger partial charge on any atom is 0.217 e. The molecule has 2 nitrogen and oxygen atoms in total. The number of rotatable bonds is 10. The molecule has 0 aromatic rings. The zero-order chi connectivity index (χ0) is 12.4. The van der Waals surface area contributed by atoms with E-state index in [9.17, 15) is 9.90 Å². The van der Waals surface area contributed by atoms with Crippen molar-refractivity contribution < 1.29 is 9.90 Å². The Balaban J connectivity index is 3.30. The quantitative estimate of drug-likeness (QED) is 0.455. The number of aliphatic hydroxyl groups is 1. The number of unbranched alkanes of at least 4 members (excludes halogenated alkanes) is 7. The van der Waals surface area contributed by atoms with E-state index in [1.807, 2.05) is 0 Å². The van der Waals surface area contributed by atoms with Gasteiger partial charge in [0, 0.05) is 0 Å². The highest BCUT2D eigenvalue weighted by molar-refractivity contribution is 7.96. The van der Waals surface area contributed by atoms with Crippen LogP contribution in [0.25, 0.3) is 0 Å². The zero-order valence-electron chi connectivity index (χ0n) is 10.7. The molecule has 0 saturated heterocycles. The van der Waals surface area contributed by atoms with Crippen LogP contribution < -0.4 is 0 Å². The van der Waals surface area contributed by atoms with E-state index in [-0.39, 0.29) is 0 Å². The lowest BCUT2D eigenvalue weighted by Gasteiger charge is -2.18. The highest BCUT2D eigenvalue weighted by Gasteiger charge is 2.26. The summed E-state index contributed by atoms with van der Waals surface area (Å²) in [6, 6.07) is 0. The first-order valence-electron chi connectivity index (χ1n) is 6.46. The SMILES string of the molecule is CCCCCCCCCCC(C)(O)C(=O)S. The molecule has 96 valence electrons. The summed E-state index contributed by atoms with van der Waals surface area (Å²) in [5, 5.41) is 9.22. The molecule has 0 bridgehead atoms. The summed E-state index contributed by atoms with van der Waals surface area (Å²) < 4.78 is 0. The fourth-order valence-corrected chi connectivity index (χ4v) is 1.82. The molecule has 0 amide bonds. The minimum absolute atomic E-state index is 0.421. The summed E-state index contributed by atoms with van der Waals surface area (Å²) in [7, 11) is 0. The van der Waals surface area contributed by atoms with Gasteiger partial charge in [0.05, 0.1) is 0 Å². The predicted octanol–water partition coefficient (Wildman–Crippen LogP) is 3.72. The second-order valence-corrected chi connectivity index (χ2v) is 5.21. The molecule has 0 rings (SSSR count). The number of carbonyl (C=O) groups is 1. The summed E-state index contributed by atoms with van der Waals surface area (Å²) in [6.07, 6.45) is 10.3. The van der Waals surface area contributed by atoms with Crippen molar-refractivity contribution in [1.29, 1.82) is 0 Å². The van der Waals surface area contributed by atoms with Crippen LogP contribution >= 0.6 is 12.6 Å². The molecule has 0 radical (unpaired) electrons. The molecule has 0 aliphatic heterocycles. The molecular weight excluding hydrogens is 220 g/mol. The highest BCUT2D eigenvalue weighted by atomic mass is 32.1. The molecule has 0 aromatic heterocycles. The van der Waals surface area contributed by atoms with Gasteiger partial charge in [-0.2, -0.15) is 0 Å². The second kappa shape index (κ2) is 9.06. The van der Waals surface area contributed by atoms with Crippen LogP contribution in [0.1, 0.15) is 71.6 Å². The van der Waals surface area contributed by atoms with Crippen LogP contribution in [0.5, 0.6) is 0 Å². The van der Waals surface area contributed by atoms with Crippen molar-refractivity contribution in [2.45, 2.75) is 77.2 Å². The van der Waals surface area contributed by atoms with Gasteiger partial charge in [-0.25, -0.2) is 0 Å². The van der Waals surface area contributed by atoms with Gasteiger partial charge in [-0.1, -0.05) is 58.3 Å². The third-order valence-electron chi connectivity index (χ3n) is 2.98. The van der Waals surface area contributed by atoms with E-state index in [1.54, 1.807) is 6.92 Å². The number of hydrogen-bond acceptors (Lipinski definition) is 2. The van der Waals surface area contributed by atoms with E-state index < -0.39 is 10.7 Å². The lowest BCUT2D eigenvalue weighted by atomic mass is 9.99. The minimum atomic E-state index is -1.23. The van der Waals surface area contributed by atoms with Crippen molar-refractivity contribution in [2.75, 3.05) is 0 Å². The Bertz CT molecular complexity index is 190. The Labute approximate surface area is 105 Å². The van der Waals surface area contributed by atoms with Crippen LogP contribution in [0.2, 0.25) is 0 Å². The van der Waals surface area contributed by atoms with Crippen molar-refractivity contribution in [1.82, 2.24) is 0 Å². The Morgan fingerprint density at radius 2 is 1.50 bits per heavy atom. The standard InChI is InChI=1S/C13H26O2S/c1-3-4-5-6-7-8-9-10-11-13(2,15)12(14)16/h15H,3-11H2,1-2H3,(H,14,16). The summed E-state index contributed by atoms with van der Waals surface area (Å²) in [6.45, 7) is 3.76. The predicted molar refractivity (Wildman–Crippen MR) is 71.8 cm³/mol. The normalized spacial score (nSPS) is 14.8. The Kier molecular flexibility index (Phi) is 9.04. The molecular formula is C13H26O2S. The van der Waals surface area contributed by atoms with Crippen molar-refractivity contribution >= 4 is 17.7 Å². The summed E-state index contributed by atoms with van der Waals surface area (Å²) in [4.78, 5) is 10.9. The van der Waals surface area contributed by atoms with Crippen LogP contribution in [0, 0.1) is 0 Å². The maximum atomic E-state index is 10.9. The smallest absolute Gasteiger partial charge is 0.217 e. The first kappa shape index (κ1) is 16.0. The van der Waals surface area contributed by atoms with Gasteiger partial charge in [-0.05, 0) is 13.3 Å². The average molecular weight is 246 g/mol. The maximum absolute atomic E-state index is 10.9. The molecule has 0 heterocycles. The average Bonchev–Trinajstić information content (AvgIpc) is 2.21. The van der Waals surface area contributed by atoms with E-state index in [4.69, 9.17) is 0 Å². The lowest BCUT2D eigenvalue weighted by Crippen LogP contribution is -2.31. The van der Waals surface area contributed by atoms with Crippen molar-refractivity contribution in [3.63, 3.8) is 0 Å². The lowest BCUT2D eigenvalue weighted by molar-refractivity contribution is -0.126. The molecule has 0 aromatic carbocycles. The topological polar surface area (TPSA) is 37.3 Å². The fourth-order valence-electron chi connectivity index (χ4n) is 1.71. The molecule has 1 N–H and O–H groups in total. The van der Waals surface area contributed by atoms with Gasteiger partial charge in [-0.15, -0.1) is 12.6 Å². The molecule has 0 aliphatic carbocycles. The van der Waals surface area contributed by atoms with Crippen LogP contribution in [0.15, 0.2) is 0 Å². The van der Waals surface area contributed by atoms with Crippen molar-refractivity contribution in [3.05, 3.63) is 0 Å². The van der Waals surface area contributed by atoms with Crippen LogP contribution in [0.4, 0.5) is 0 Å². The van der Waals surface area contributed by atoms with Crippen molar-refractivity contribution in [3.8, 4) is 0 Å². The van der Waals surface area contributed by atoms with Gasteiger partial charge in [-0.3, -0.25) is 4.79 Å². The largest absolute Gasteiger partial charge is 0.381 e. The molecule has 0 saturated carbocycles. The number of thiol groups is 1. The Hall–Kier alpha value is -0.0200. The van der Waals surface area contributed by atoms with Gasteiger partial charge in [0.2, 0.25) is 5.12 Å². The zero-order valence-corrected chi connectivity index (χ0v) is 11.6. The molecule has 0 fully saturated rings. The van der Waals surface area contributed by atoms with Gasteiger partial charge in [0.1, 0.15) is 5.60 Å². The van der Waals surface area contributed by atoms with E-state index >= 15 is 0 Å². The molecule has 1 unspecified atom stereocenters. The minimum Gasteiger partial charge on any atom is -0.381 e. The number of carbonyl (C=O) groups excluding carboxylic acids is 1. The third-order valence-corrected chi connectivity index (χ3v) is 3.46. The molecule has 0 aliphatic rings. The van der Waals surface area contributed by atoms with Gasteiger partial charge in [0.15, 0.2) is 0 Å². The van der Waals surface area contributed by atoms with Gasteiger partial charge < -0.3 is 5.11 Å². The van der Waals surface area contributed by atoms with Crippen LogP contribution in [-0.4, -0.2) is 15.8 Å². The Morgan fingerprint density at radius 3 is 1.94 bits per heavy atom. The van der Waals surface area contributed by atoms with E-state index in [0.717, 1.165) is 12.8 Å². The second-order valence-electron chi connectivity index (χ2n) is 4.80. The third kappa shape index (κ3) is 8.17. The fraction of sp³-hybridized carbons (Fsp3) is 0.923. The first-order valence-corrected chi connectivity index (χ1v) is 6.91. The van der Waals surface area contributed by atoms with Crippen molar-refractivity contribution in [2.24, 2.45) is 0 Å². The van der Waals surface area contributed by atoms with E-state index in [2.05, 4.69) is 19.6 Å². The molecule has 1 atom stereocenters. The summed E-state index contributed by atoms with van der Waals surface area (Å²) in [5.74, 6) is 0. The molecule has 3 heteroatoms. The van der Waals surface area contributed by atoms with Crippen LogP contribution in [-0.2, 0) is 4.79 Å². The Morgan fingerprint density at radius 1 is 1.06 bits per heavy atom. The van der Waals surface area contributed by atoms with Gasteiger partial charge in [0.25, 0.3) is 0 Å². The van der Waals surface area contributed by atoms with Gasteiger partial charge >= 0.3 is 0 Å². The molecule has 0 spiro atoms. The molecule has 16 heavy (non-hydrogen) atoms. The summed E-state index contributed by atoms with van der Waals surface area (Å²) in [5.41, 5.74) is -1.23. The highest BCUT2D eigenvalue weighted by Crippen LogP contribution is 2.18. The first-order chi connectivity index (χ1) is 7.50.